The lowest BCUT2D eigenvalue weighted by atomic mass is 9.95. The number of nitrogens with one attached hydrogen (secondary N) is 1. The van der Waals surface area contributed by atoms with Crippen LogP contribution in [0.5, 0.6) is 0 Å². The summed E-state index contributed by atoms with van der Waals surface area (Å²) in [6.45, 7) is 9.57. The van der Waals surface area contributed by atoms with E-state index in [4.69, 9.17) is 5.11 Å². The van der Waals surface area contributed by atoms with Gasteiger partial charge in [-0.3, -0.25) is 9.59 Å². The number of rotatable bonds is 6. The van der Waals surface area contributed by atoms with Crippen molar-refractivity contribution < 1.29 is 14.7 Å². The number of aliphatic hydroxyl groups is 1. The molecular formula is C17H24N2O3. The highest BCUT2D eigenvalue weighted by molar-refractivity contribution is 5.98. The first kappa shape index (κ1) is 17.9. The van der Waals surface area contributed by atoms with Gasteiger partial charge in [-0.15, -0.1) is 6.58 Å². The maximum Gasteiger partial charge on any atom is 0.254 e. The second-order valence-electron chi connectivity index (χ2n) is 6.05. The Balaban J connectivity index is 2.93. The minimum Gasteiger partial charge on any atom is -0.395 e. The van der Waals surface area contributed by atoms with E-state index >= 15 is 0 Å². The first-order valence-corrected chi connectivity index (χ1v) is 7.22. The summed E-state index contributed by atoms with van der Waals surface area (Å²) in [6.07, 6.45) is 1.61. The summed E-state index contributed by atoms with van der Waals surface area (Å²) in [5.41, 5.74) is 0.529. The molecule has 1 rings (SSSR count). The third-order valence-electron chi connectivity index (χ3n) is 3.06. The van der Waals surface area contributed by atoms with Crippen molar-refractivity contribution in [2.24, 2.45) is 5.41 Å². The Morgan fingerprint density at radius 1 is 1.36 bits per heavy atom. The molecule has 0 aromatic heterocycles. The van der Waals surface area contributed by atoms with E-state index in [2.05, 4.69) is 11.9 Å². The van der Waals surface area contributed by atoms with Gasteiger partial charge in [0.2, 0.25) is 5.91 Å². The van der Waals surface area contributed by atoms with Gasteiger partial charge in [-0.05, 0) is 18.2 Å². The number of amides is 2. The summed E-state index contributed by atoms with van der Waals surface area (Å²) in [5.74, 6) is -0.323. The van der Waals surface area contributed by atoms with Gasteiger partial charge in [-0.1, -0.05) is 32.9 Å². The molecule has 5 nitrogen and oxygen atoms in total. The Morgan fingerprint density at radius 2 is 2.05 bits per heavy atom. The molecule has 0 bridgehead atoms. The van der Waals surface area contributed by atoms with E-state index in [1.807, 2.05) is 20.8 Å². The predicted molar refractivity (Wildman–Crippen MR) is 87.7 cm³/mol. The van der Waals surface area contributed by atoms with Crippen LogP contribution in [0, 0.1) is 5.41 Å². The number of carbonyl (C=O) groups is 2. The van der Waals surface area contributed by atoms with Gasteiger partial charge in [0.15, 0.2) is 0 Å². The number of hydrogen-bond donors (Lipinski definition) is 2. The lowest BCUT2D eigenvalue weighted by Crippen LogP contribution is -2.33. The van der Waals surface area contributed by atoms with Crippen molar-refractivity contribution in [3.63, 3.8) is 0 Å². The highest BCUT2D eigenvalue weighted by atomic mass is 16.3. The van der Waals surface area contributed by atoms with Crippen molar-refractivity contribution in [3.05, 3.63) is 42.5 Å². The zero-order valence-corrected chi connectivity index (χ0v) is 13.4. The van der Waals surface area contributed by atoms with Gasteiger partial charge >= 0.3 is 0 Å². The molecule has 5 heteroatoms. The Kier molecular flexibility index (Phi) is 6.31. The normalized spacial score (nSPS) is 10.9. The van der Waals surface area contributed by atoms with Gasteiger partial charge in [0, 0.05) is 29.8 Å². The quantitative estimate of drug-likeness (QED) is 0.792. The van der Waals surface area contributed by atoms with Crippen LogP contribution in [0.4, 0.5) is 5.69 Å². The molecule has 120 valence electrons. The first-order chi connectivity index (χ1) is 10.3. The van der Waals surface area contributed by atoms with Crippen molar-refractivity contribution in [2.75, 3.05) is 25.0 Å². The zero-order chi connectivity index (χ0) is 16.8. The molecule has 22 heavy (non-hydrogen) atoms. The van der Waals surface area contributed by atoms with Gasteiger partial charge in [0.25, 0.3) is 5.91 Å². The molecule has 0 aliphatic heterocycles. The third-order valence-corrected chi connectivity index (χ3v) is 3.06. The smallest absolute Gasteiger partial charge is 0.254 e. The molecule has 0 fully saturated rings. The Bertz CT molecular complexity index is 547. The van der Waals surface area contributed by atoms with Crippen LogP contribution in [-0.4, -0.2) is 41.5 Å². The lowest BCUT2D eigenvalue weighted by molar-refractivity contribution is -0.123. The number of nitrogens with zero attached hydrogens (tertiary/aromatic N) is 1. The maximum absolute atomic E-state index is 12.4. The Labute approximate surface area is 131 Å². The fraction of sp³-hybridized carbons (Fsp3) is 0.412. The number of hydrogen-bond acceptors (Lipinski definition) is 3. The molecule has 2 amide bonds. The van der Waals surface area contributed by atoms with Crippen molar-refractivity contribution in [3.8, 4) is 0 Å². The summed E-state index contributed by atoms with van der Waals surface area (Å²) in [6, 6.07) is 6.78. The number of benzene rings is 1. The molecule has 0 unspecified atom stereocenters. The molecule has 0 aliphatic carbocycles. The molecule has 0 spiro atoms. The molecule has 1 aromatic carbocycles. The van der Waals surface area contributed by atoms with Crippen LogP contribution in [0.15, 0.2) is 36.9 Å². The van der Waals surface area contributed by atoms with Crippen LogP contribution in [0.3, 0.4) is 0 Å². The topological polar surface area (TPSA) is 69.6 Å². The summed E-state index contributed by atoms with van der Waals surface area (Å²) in [7, 11) is 0. The SMILES string of the molecule is C=CCN(CCO)C(=O)c1cccc(NC(=O)C(C)(C)C)c1. The molecule has 2 N–H and O–H groups in total. The lowest BCUT2D eigenvalue weighted by Gasteiger charge is -2.21. The second-order valence-corrected chi connectivity index (χ2v) is 6.05. The van der Waals surface area contributed by atoms with Crippen molar-refractivity contribution >= 4 is 17.5 Å². The van der Waals surface area contributed by atoms with Gasteiger partial charge in [0.05, 0.1) is 6.61 Å². The number of anilines is 1. The fourth-order valence-corrected chi connectivity index (χ4v) is 1.78. The summed E-state index contributed by atoms with van der Waals surface area (Å²) in [5, 5.41) is 11.8. The molecule has 1 aromatic rings. The van der Waals surface area contributed by atoms with Crippen LogP contribution in [0.1, 0.15) is 31.1 Å². The fourth-order valence-electron chi connectivity index (χ4n) is 1.78. The second kappa shape index (κ2) is 7.75. The van der Waals surface area contributed by atoms with Gasteiger partial charge < -0.3 is 15.3 Å². The largest absolute Gasteiger partial charge is 0.395 e. The zero-order valence-electron chi connectivity index (χ0n) is 13.4. The van der Waals surface area contributed by atoms with E-state index in [-0.39, 0.29) is 25.0 Å². The maximum atomic E-state index is 12.4. The minimum atomic E-state index is -0.508. The third kappa shape index (κ3) is 5.00. The van der Waals surface area contributed by atoms with Crippen LogP contribution in [0.25, 0.3) is 0 Å². The molecule has 0 saturated heterocycles. The average molecular weight is 304 g/mol. The van der Waals surface area contributed by atoms with E-state index in [1.54, 1.807) is 30.3 Å². The standard InChI is InChI=1S/C17H24N2O3/c1-5-9-19(10-11-20)15(21)13-7-6-8-14(12-13)18-16(22)17(2,3)4/h5-8,12,20H,1,9-11H2,2-4H3,(H,18,22). The van der Waals surface area contributed by atoms with Gasteiger partial charge in [-0.2, -0.15) is 0 Å². The monoisotopic (exact) mass is 304 g/mol. The van der Waals surface area contributed by atoms with Crippen molar-refractivity contribution in [1.82, 2.24) is 4.90 Å². The van der Waals surface area contributed by atoms with Crippen LogP contribution >= 0.6 is 0 Å². The molecular weight excluding hydrogens is 280 g/mol. The highest BCUT2D eigenvalue weighted by Crippen LogP contribution is 2.18. The van der Waals surface area contributed by atoms with Gasteiger partial charge in [0.1, 0.15) is 0 Å². The summed E-state index contributed by atoms with van der Waals surface area (Å²) in [4.78, 5) is 25.9. The molecule has 0 saturated carbocycles. The van der Waals surface area contributed by atoms with E-state index in [0.717, 1.165) is 0 Å². The highest BCUT2D eigenvalue weighted by Gasteiger charge is 2.21. The molecule has 0 aliphatic rings. The predicted octanol–water partition coefficient (Wildman–Crippen LogP) is 2.29. The van der Waals surface area contributed by atoms with Crippen LogP contribution in [-0.2, 0) is 4.79 Å². The van der Waals surface area contributed by atoms with Crippen LogP contribution in [0.2, 0.25) is 0 Å². The Hall–Kier alpha value is -2.14. The average Bonchev–Trinajstić information content (AvgIpc) is 2.45. The summed E-state index contributed by atoms with van der Waals surface area (Å²) < 4.78 is 0. The van der Waals surface area contributed by atoms with Crippen molar-refractivity contribution in [2.45, 2.75) is 20.8 Å². The van der Waals surface area contributed by atoms with Crippen molar-refractivity contribution in [1.29, 1.82) is 0 Å². The first-order valence-electron chi connectivity index (χ1n) is 7.22. The van der Waals surface area contributed by atoms with E-state index in [9.17, 15) is 9.59 Å². The summed E-state index contributed by atoms with van der Waals surface area (Å²) >= 11 is 0. The van der Waals surface area contributed by atoms with E-state index in [1.165, 1.54) is 4.90 Å². The Morgan fingerprint density at radius 3 is 2.59 bits per heavy atom. The molecule has 0 radical (unpaired) electrons. The number of carbonyl (C=O) groups excluding carboxylic acids is 2. The van der Waals surface area contributed by atoms with E-state index < -0.39 is 5.41 Å². The molecule has 0 heterocycles. The minimum absolute atomic E-state index is 0.111. The molecule has 0 atom stereocenters. The van der Waals surface area contributed by atoms with E-state index in [0.29, 0.717) is 17.8 Å². The number of aliphatic hydroxyl groups excluding tert-OH is 1. The van der Waals surface area contributed by atoms with Crippen LogP contribution < -0.4 is 5.32 Å². The van der Waals surface area contributed by atoms with Gasteiger partial charge in [-0.25, -0.2) is 0 Å².